The van der Waals surface area contributed by atoms with Crippen LogP contribution >= 0.6 is 11.6 Å². The molecular weight excluding hydrogens is 304 g/mol. The Balaban J connectivity index is 1.70. The first-order chi connectivity index (χ1) is 10.3. The molecule has 2 aliphatic rings. The van der Waals surface area contributed by atoms with Crippen LogP contribution in [-0.4, -0.2) is 33.5 Å². The van der Waals surface area contributed by atoms with Gasteiger partial charge in [-0.3, -0.25) is 4.79 Å². The zero-order chi connectivity index (χ0) is 16.1. The fourth-order valence-corrected chi connectivity index (χ4v) is 3.12. The Labute approximate surface area is 134 Å². The van der Waals surface area contributed by atoms with Gasteiger partial charge in [-0.15, -0.1) is 0 Å². The summed E-state index contributed by atoms with van der Waals surface area (Å²) in [6.45, 7) is 5.39. The van der Waals surface area contributed by atoms with Crippen molar-refractivity contribution in [2.75, 3.05) is 0 Å². The molecule has 0 radical (unpaired) electrons. The maximum atomic E-state index is 12.5. The summed E-state index contributed by atoms with van der Waals surface area (Å²) in [5.74, 6) is -0.0540. The van der Waals surface area contributed by atoms with E-state index in [-0.39, 0.29) is 23.8 Å². The molecule has 3 atom stereocenters. The number of fused-ring (bicyclic) bond motifs is 1. The monoisotopic (exact) mass is 322 g/mol. The Morgan fingerprint density at radius 3 is 2.77 bits per heavy atom. The van der Waals surface area contributed by atoms with Crippen LogP contribution in [0.25, 0.3) is 0 Å². The lowest BCUT2D eigenvalue weighted by Gasteiger charge is -2.25. The molecule has 1 aromatic heterocycles. The van der Waals surface area contributed by atoms with Gasteiger partial charge in [0.2, 0.25) is 5.91 Å². The van der Waals surface area contributed by atoms with Crippen molar-refractivity contribution in [2.24, 2.45) is 11.8 Å². The van der Waals surface area contributed by atoms with E-state index in [1.165, 1.54) is 4.90 Å². The maximum absolute atomic E-state index is 12.5. The molecule has 0 N–H and O–H groups in total. The van der Waals surface area contributed by atoms with Crippen LogP contribution in [0.2, 0.25) is 5.15 Å². The van der Waals surface area contributed by atoms with Crippen LogP contribution in [0.15, 0.2) is 18.3 Å². The number of carbonyl (C=O) groups excluding carboxylic acids is 2. The van der Waals surface area contributed by atoms with Crippen molar-refractivity contribution < 1.29 is 14.3 Å². The Hall–Kier alpha value is -1.62. The summed E-state index contributed by atoms with van der Waals surface area (Å²) in [7, 11) is 0. The highest BCUT2D eigenvalue weighted by Gasteiger charge is 2.61. The van der Waals surface area contributed by atoms with Gasteiger partial charge in [-0.05, 0) is 51.2 Å². The van der Waals surface area contributed by atoms with E-state index in [2.05, 4.69) is 4.98 Å². The van der Waals surface area contributed by atoms with Gasteiger partial charge in [-0.25, -0.2) is 14.7 Å². The summed E-state index contributed by atoms with van der Waals surface area (Å²) < 4.78 is 5.34. The summed E-state index contributed by atoms with van der Waals surface area (Å²) in [6.07, 6.45) is 2.62. The second-order valence-electron chi connectivity index (χ2n) is 6.96. The van der Waals surface area contributed by atoms with Crippen LogP contribution < -0.4 is 0 Å². The third-order valence-electron chi connectivity index (χ3n) is 4.04. The molecule has 1 aromatic rings. The molecule has 2 fully saturated rings. The van der Waals surface area contributed by atoms with Crippen molar-refractivity contribution >= 4 is 23.6 Å². The van der Waals surface area contributed by atoms with Crippen LogP contribution in [0.1, 0.15) is 32.8 Å². The van der Waals surface area contributed by atoms with Crippen molar-refractivity contribution in [1.29, 1.82) is 0 Å². The molecule has 1 saturated heterocycles. The second-order valence-corrected chi connectivity index (χ2v) is 7.34. The lowest BCUT2D eigenvalue weighted by atomic mass is 9.96. The molecule has 118 valence electrons. The molecule has 0 aromatic carbocycles. The number of pyridine rings is 1. The number of amides is 2. The number of aromatic nitrogens is 1. The SMILES string of the molecule is CC(C)(C)OC(=O)N1C(=O)C(Cc2ccc(Cl)nc2)C2CC21. The number of likely N-dealkylation sites (tertiary alicyclic amines) is 1. The molecule has 3 unspecified atom stereocenters. The summed E-state index contributed by atoms with van der Waals surface area (Å²) in [4.78, 5) is 30.1. The van der Waals surface area contributed by atoms with Crippen LogP contribution in [0.4, 0.5) is 4.79 Å². The Bertz CT molecular complexity index is 609. The molecule has 22 heavy (non-hydrogen) atoms. The standard InChI is InChI=1S/C16H19ClN2O3/c1-16(2,3)22-15(21)19-12-7-10(12)11(14(19)20)6-9-4-5-13(17)18-8-9/h4-5,8,10-12H,6-7H2,1-3H3. The van der Waals surface area contributed by atoms with Gasteiger partial charge in [0, 0.05) is 18.2 Å². The number of ether oxygens (including phenoxy) is 1. The van der Waals surface area contributed by atoms with E-state index < -0.39 is 11.7 Å². The van der Waals surface area contributed by atoms with E-state index in [1.807, 2.05) is 6.07 Å². The summed E-state index contributed by atoms with van der Waals surface area (Å²) >= 11 is 5.77. The number of carbonyl (C=O) groups is 2. The van der Waals surface area contributed by atoms with E-state index in [9.17, 15) is 9.59 Å². The molecule has 0 bridgehead atoms. The van der Waals surface area contributed by atoms with Gasteiger partial charge in [0.15, 0.2) is 0 Å². The highest BCUT2D eigenvalue weighted by molar-refractivity contribution is 6.29. The summed E-state index contributed by atoms with van der Waals surface area (Å²) in [5, 5.41) is 0.432. The van der Waals surface area contributed by atoms with Crippen LogP contribution in [0, 0.1) is 11.8 Å². The second kappa shape index (κ2) is 5.23. The molecule has 1 aliphatic heterocycles. The molecule has 6 heteroatoms. The van der Waals surface area contributed by atoms with Gasteiger partial charge in [0.05, 0.1) is 0 Å². The third-order valence-corrected chi connectivity index (χ3v) is 4.27. The van der Waals surface area contributed by atoms with Crippen molar-refractivity contribution in [3.8, 4) is 0 Å². The van der Waals surface area contributed by atoms with E-state index in [0.29, 0.717) is 11.6 Å². The molecular formula is C16H19ClN2O3. The predicted octanol–water partition coefficient (Wildman–Crippen LogP) is 3.06. The van der Waals surface area contributed by atoms with E-state index in [0.717, 1.165) is 12.0 Å². The molecule has 3 rings (SSSR count). The average molecular weight is 323 g/mol. The number of hydrogen-bond donors (Lipinski definition) is 0. The Morgan fingerprint density at radius 2 is 2.18 bits per heavy atom. The smallest absolute Gasteiger partial charge is 0.417 e. The maximum Gasteiger partial charge on any atom is 0.417 e. The lowest BCUT2D eigenvalue weighted by molar-refractivity contribution is -0.132. The minimum atomic E-state index is -0.597. The number of imide groups is 1. The minimum Gasteiger partial charge on any atom is -0.443 e. The molecule has 5 nitrogen and oxygen atoms in total. The molecule has 1 aliphatic carbocycles. The number of rotatable bonds is 2. The first-order valence-electron chi connectivity index (χ1n) is 7.43. The van der Waals surface area contributed by atoms with E-state index >= 15 is 0 Å². The van der Waals surface area contributed by atoms with Crippen molar-refractivity contribution in [3.05, 3.63) is 29.0 Å². The number of hydrogen-bond acceptors (Lipinski definition) is 4. The van der Waals surface area contributed by atoms with Gasteiger partial charge in [0.25, 0.3) is 0 Å². The Morgan fingerprint density at radius 1 is 1.45 bits per heavy atom. The van der Waals surface area contributed by atoms with Crippen LogP contribution in [-0.2, 0) is 16.0 Å². The first-order valence-corrected chi connectivity index (χ1v) is 7.80. The van der Waals surface area contributed by atoms with Crippen molar-refractivity contribution in [2.45, 2.75) is 45.3 Å². The lowest BCUT2D eigenvalue weighted by Crippen LogP contribution is -2.41. The fraction of sp³-hybridized carbons (Fsp3) is 0.562. The Kier molecular flexibility index (Phi) is 3.63. The topological polar surface area (TPSA) is 59.5 Å². The van der Waals surface area contributed by atoms with Gasteiger partial charge in [-0.1, -0.05) is 17.7 Å². The van der Waals surface area contributed by atoms with Crippen molar-refractivity contribution in [1.82, 2.24) is 9.88 Å². The quantitative estimate of drug-likeness (QED) is 0.785. The highest BCUT2D eigenvalue weighted by atomic mass is 35.5. The molecule has 0 spiro atoms. The van der Waals surface area contributed by atoms with Crippen LogP contribution in [0.3, 0.4) is 0 Å². The van der Waals surface area contributed by atoms with Crippen molar-refractivity contribution in [3.63, 3.8) is 0 Å². The zero-order valence-corrected chi connectivity index (χ0v) is 13.6. The third kappa shape index (κ3) is 2.95. The summed E-state index contributed by atoms with van der Waals surface area (Å²) in [6, 6.07) is 3.59. The summed E-state index contributed by atoms with van der Waals surface area (Å²) in [5.41, 5.74) is 0.361. The van der Waals surface area contributed by atoms with E-state index in [4.69, 9.17) is 16.3 Å². The normalized spacial score (nSPS) is 26.8. The molecule has 2 heterocycles. The van der Waals surface area contributed by atoms with Gasteiger partial charge >= 0.3 is 6.09 Å². The predicted molar refractivity (Wildman–Crippen MR) is 81.4 cm³/mol. The number of nitrogens with zero attached hydrogens (tertiary/aromatic N) is 2. The molecule has 1 saturated carbocycles. The highest BCUT2D eigenvalue weighted by Crippen LogP contribution is 2.50. The van der Waals surface area contributed by atoms with Gasteiger partial charge < -0.3 is 4.74 Å². The average Bonchev–Trinajstić information content (AvgIpc) is 3.10. The first kappa shape index (κ1) is 15.3. The largest absolute Gasteiger partial charge is 0.443 e. The minimum absolute atomic E-state index is 0.00705. The fourth-order valence-electron chi connectivity index (χ4n) is 3.01. The van der Waals surface area contributed by atoms with Gasteiger partial charge in [-0.2, -0.15) is 0 Å². The number of piperidine rings is 1. The zero-order valence-electron chi connectivity index (χ0n) is 12.9. The van der Waals surface area contributed by atoms with E-state index in [1.54, 1.807) is 33.0 Å². The molecule has 2 amide bonds. The number of halogens is 1. The van der Waals surface area contributed by atoms with Gasteiger partial charge in [0.1, 0.15) is 10.8 Å². The van der Waals surface area contributed by atoms with Crippen LogP contribution in [0.5, 0.6) is 0 Å².